The van der Waals surface area contributed by atoms with Crippen LogP contribution in [0.15, 0.2) is 0 Å². The molecule has 1 rings (SSSR count). The fourth-order valence-electron chi connectivity index (χ4n) is 2.50. The van der Waals surface area contributed by atoms with Crippen LogP contribution in [-0.2, 0) is 4.74 Å². The molecule has 2 unspecified atom stereocenters. The van der Waals surface area contributed by atoms with Crippen molar-refractivity contribution in [1.82, 2.24) is 10.2 Å². The van der Waals surface area contributed by atoms with Crippen LogP contribution in [0.3, 0.4) is 0 Å². The van der Waals surface area contributed by atoms with E-state index < -0.39 is 0 Å². The molecule has 1 aliphatic heterocycles. The number of piperidine rings is 1. The van der Waals surface area contributed by atoms with Crippen molar-refractivity contribution in [2.75, 3.05) is 32.8 Å². The van der Waals surface area contributed by atoms with E-state index in [0.29, 0.717) is 12.1 Å². The van der Waals surface area contributed by atoms with Crippen LogP contribution in [0.4, 0.5) is 0 Å². The molecule has 18 heavy (non-hydrogen) atoms. The molecule has 0 spiro atoms. The Bertz CT molecular complexity index is 209. The molecule has 2 atom stereocenters. The molecule has 1 heterocycles. The number of nitrogens with one attached hydrogen (secondary N) is 1. The van der Waals surface area contributed by atoms with Gasteiger partial charge in [-0.25, -0.2) is 0 Å². The van der Waals surface area contributed by atoms with Crippen LogP contribution < -0.4 is 5.32 Å². The third-order valence-electron chi connectivity index (χ3n) is 3.58. The van der Waals surface area contributed by atoms with Gasteiger partial charge in [-0.05, 0) is 45.2 Å². The van der Waals surface area contributed by atoms with Gasteiger partial charge in [0.15, 0.2) is 0 Å². The summed E-state index contributed by atoms with van der Waals surface area (Å²) >= 11 is 0. The minimum Gasteiger partial charge on any atom is -0.377 e. The molecule has 0 aromatic heterocycles. The summed E-state index contributed by atoms with van der Waals surface area (Å²) in [5.74, 6) is 0.735. The lowest BCUT2D eigenvalue weighted by atomic mass is 10.1. The summed E-state index contributed by atoms with van der Waals surface area (Å²) in [6.45, 7) is 14.5. The van der Waals surface area contributed by atoms with Crippen molar-refractivity contribution in [1.29, 1.82) is 0 Å². The average molecular weight is 256 g/mol. The van der Waals surface area contributed by atoms with E-state index in [1.54, 1.807) is 0 Å². The van der Waals surface area contributed by atoms with Gasteiger partial charge in [0.05, 0.1) is 6.10 Å². The summed E-state index contributed by atoms with van der Waals surface area (Å²) in [6, 6.07) is 0.622. The molecule has 0 saturated carbocycles. The highest BCUT2D eigenvalue weighted by Gasteiger charge is 2.23. The normalized spacial score (nSPS) is 23.5. The third kappa shape index (κ3) is 6.17. The first kappa shape index (κ1) is 15.9. The van der Waals surface area contributed by atoms with Gasteiger partial charge in [-0.2, -0.15) is 0 Å². The number of hydrogen-bond donors (Lipinski definition) is 1. The molecule has 1 aliphatic rings. The van der Waals surface area contributed by atoms with Crippen LogP contribution in [0, 0.1) is 5.92 Å². The van der Waals surface area contributed by atoms with Crippen LogP contribution in [-0.4, -0.2) is 49.8 Å². The highest BCUT2D eigenvalue weighted by Crippen LogP contribution is 2.15. The van der Waals surface area contributed by atoms with E-state index >= 15 is 0 Å². The maximum atomic E-state index is 5.89. The van der Waals surface area contributed by atoms with Gasteiger partial charge in [0, 0.05) is 25.7 Å². The number of nitrogens with zero attached hydrogens (tertiary/aromatic N) is 1. The molecular formula is C15H32N2O. The smallest absolute Gasteiger partial charge is 0.0702 e. The molecule has 0 aliphatic carbocycles. The van der Waals surface area contributed by atoms with Crippen molar-refractivity contribution in [2.45, 2.75) is 59.1 Å². The maximum Gasteiger partial charge on any atom is 0.0702 e. The summed E-state index contributed by atoms with van der Waals surface area (Å²) in [4.78, 5) is 2.58. The van der Waals surface area contributed by atoms with Gasteiger partial charge in [0.2, 0.25) is 0 Å². The van der Waals surface area contributed by atoms with E-state index in [1.165, 1.54) is 19.4 Å². The summed E-state index contributed by atoms with van der Waals surface area (Å²) < 4.78 is 5.89. The van der Waals surface area contributed by atoms with E-state index in [0.717, 1.165) is 38.6 Å². The third-order valence-corrected chi connectivity index (χ3v) is 3.58. The van der Waals surface area contributed by atoms with Crippen LogP contribution in [0.25, 0.3) is 0 Å². The van der Waals surface area contributed by atoms with Crippen molar-refractivity contribution in [3.8, 4) is 0 Å². The molecule has 3 nitrogen and oxygen atoms in total. The Balaban J connectivity index is 2.22. The maximum absolute atomic E-state index is 5.89. The van der Waals surface area contributed by atoms with Gasteiger partial charge >= 0.3 is 0 Å². The fraction of sp³-hybridized carbons (Fsp3) is 1.00. The Morgan fingerprint density at radius 2 is 2.06 bits per heavy atom. The molecular weight excluding hydrogens is 224 g/mol. The van der Waals surface area contributed by atoms with Gasteiger partial charge < -0.3 is 10.1 Å². The lowest BCUT2D eigenvalue weighted by Gasteiger charge is -2.36. The van der Waals surface area contributed by atoms with Gasteiger partial charge in [0.1, 0.15) is 0 Å². The van der Waals surface area contributed by atoms with Crippen molar-refractivity contribution in [3.63, 3.8) is 0 Å². The Labute approximate surface area is 113 Å². The van der Waals surface area contributed by atoms with Crippen LogP contribution in [0.1, 0.15) is 47.0 Å². The van der Waals surface area contributed by atoms with Gasteiger partial charge in [-0.1, -0.05) is 20.8 Å². The lowest BCUT2D eigenvalue weighted by Crippen LogP contribution is -2.48. The van der Waals surface area contributed by atoms with E-state index in [2.05, 4.69) is 37.9 Å². The SMILES string of the molecule is CCCOC1CCCN(C(C)CNCC(C)C)C1. The number of hydrogen-bond acceptors (Lipinski definition) is 3. The first-order valence-corrected chi connectivity index (χ1v) is 7.69. The second kappa shape index (κ2) is 8.89. The molecule has 1 saturated heterocycles. The van der Waals surface area contributed by atoms with Gasteiger partial charge in [-0.3, -0.25) is 4.90 Å². The molecule has 0 radical (unpaired) electrons. The molecule has 3 heteroatoms. The molecule has 108 valence electrons. The monoisotopic (exact) mass is 256 g/mol. The first-order valence-electron chi connectivity index (χ1n) is 7.69. The first-order chi connectivity index (χ1) is 8.63. The summed E-state index contributed by atoms with van der Waals surface area (Å²) in [6.07, 6.45) is 4.11. The lowest BCUT2D eigenvalue weighted by molar-refractivity contribution is -0.0102. The zero-order valence-electron chi connectivity index (χ0n) is 12.7. The van der Waals surface area contributed by atoms with Crippen molar-refractivity contribution in [3.05, 3.63) is 0 Å². The molecule has 1 N–H and O–H groups in total. The summed E-state index contributed by atoms with van der Waals surface area (Å²) in [5.41, 5.74) is 0. The van der Waals surface area contributed by atoms with E-state index in [9.17, 15) is 0 Å². The van der Waals surface area contributed by atoms with Crippen LogP contribution >= 0.6 is 0 Å². The summed E-state index contributed by atoms with van der Waals surface area (Å²) in [7, 11) is 0. The second-order valence-corrected chi connectivity index (χ2v) is 6.03. The summed E-state index contributed by atoms with van der Waals surface area (Å²) in [5, 5.41) is 3.56. The number of ether oxygens (including phenoxy) is 1. The zero-order chi connectivity index (χ0) is 13.4. The van der Waals surface area contributed by atoms with Crippen LogP contribution in [0.5, 0.6) is 0 Å². The Kier molecular flexibility index (Phi) is 7.87. The van der Waals surface area contributed by atoms with Gasteiger partial charge in [-0.15, -0.1) is 0 Å². The van der Waals surface area contributed by atoms with E-state index in [4.69, 9.17) is 4.74 Å². The van der Waals surface area contributed by atoms with Gasteiger partial charge in [0.25, 0.3) is 0 Å². The molecule has 0 aromatic carbocycles. The number of likely N-dealkylation sites (tertiary alicyclic amines) is 1. The quantitative estimate of drug-likeness (QED) is 0.722. The molecule has 0 amide bonds. The van der Waals surface area contributed by atoms with E-state index in [-0.39, 0.29) is 0 Å². The number of rotatable bonds is 8. The predicted molar refractivity (Wildman–Crippen MR) is 78.0 cm³/mol. The Morgan fingerprint density at radius 1 is 1.28 bits per heavy atom. The Morgan fingerprint density at radius 3 is 2.72 bits per heavy atom. The standard InChI is InChI=1S/C15H32N2O/c1-5-9-18-15-7-6-8-17(12-15)14(4)11-16-10-13(2)3/h13-16H,5-12H2,1-4H3. The fourth-order valence-corrected chi connectivity index (χ4v) is 2.50. The van der Waals surface area contributed by atoms with E-state index in [1.807, 2.05) is 0 Å². The van der Waals surface area contributed by atoms with Crippen molar-refractivity contribution < 1.29 is 4.74 Å². The average Bonchev–Trinajstić information content (AvgIpc) is 2.36. The highest BCUT2D eigenvalue weighted by atomic mass is 16.5. The molecule has 1 fully saturated rings. The van der Waals surface area contributed by atoms with Crippen molar-refractivity contribution >= 4 is 0 Å². The molecule has 0 aromatic rings. The minimum atomic E-state index is 0.464. The zero-order valence-corrected chi connectivity index (χ0v) is 12.7. The molecule has 0 bridgehead atoms. The predicted octanol–water partition coefficient (Wildman–Crippen LogP) is 2.51. The van der Waals surface area contributed by atoms with Crippen molar-refractivity contribution in [2.24, 2.45) is 5.92 Å². The minimum absolute atomic E-state index is 0.464. The topological polar surface area (TPSA) is 24.5 Å². The Hall–Kier alpha value is -0.120. The second-order valence-electron chi connectivity index (χ2n) is 6.03. The van der Waals surface area contributed by atoms with Crippen LogP contribution in [0.2, 0.25) is 0 Å². The largest absolute Gasteiger partial charge is 0.377 e. The highest BCUT2D eigenvalue weighted by molar-refractivity contribution is 4.78.